The van der Waals surface area contributed by atoms with Gasteiger partial charge in [0.2, 0.25) is 0 Å². The van der Waals surface area contributed by atoms with Gasteiger partial charge >= 0.3 is 0 Å². The van der Waals surface area contributed by atoms with Gasteiger partial charge in [-0.2, -0.15) is 5.10 Å². The van der Waals surface area contributed by atoms with Crippen molar-refractivity contribution in [3.63, 3.8) is 0 Å². The van der Waals surface area contributed by atoms with Gasteiger partial charge in [-0.05, 0) is 72.8 Å². The minimum atomic E-state index is 0.743. The number of aromatic nitrogens is 2. The van der Waals surface area contributed by atoms with E-state index < -0.39 is 0 Å². The number of aryl methyl sites for hydroxylation is 1. The Morgan fingerprint density at radius 2 is 2.05 bits per heavy atom. The highest BCUT2D eigenvalue weighted by molar-refractivity contribution is 9.10. The molecule has 1 aliphatic carbocycles. The average Bonchev–Trinajstić information content (AvgIpc) is 3.21. The second-order valence-electron chi connectivity index (χ2n) is 5.65. The number of halogens is 1. The van der Waals surface area contributed by atoms with Crippen LogP contribution in [-0.2, 0) is 6.54 Å². The molecule has 4 heteroatoms. The molecular formula is C16H20BrN3. The molecule has 2 aromatic rings. The average molecular weight is 334 g/mol. The largest absolute Gasteiger partial charge is 0.310 e. The van der Waals surface area contributed by atoms with Crippen molar-refractivity contribution in [3.8, 4) is 5.69 Å². The van der Waals surface area contributed by atoms with Crippen molar-refractivity contribution in [3.05, 3.63) is 45.2 Å². The quantitative estimate of drug-likeness (QED) is 0.921. The highest BCUT2D eigenvalue weighted by Crippen LogP contribution is 2.26. The van der Waals surface area contributed by atoms with Crippen molar-refractivity contribution in [1.29, 1.82) is 0 Å². The summed E-state index contributed by atoms with van der Waals surface area (Å²) in [6.07, 6.45) is 2.65. The summed E-state index contributed by atoms with van der Waals surface area (Å²) in [4.78, 5) is 0. The third kappa shape index (κ3) is 2.67. The Kier molecular flexibility index (Phi) is 3.69. The first-order valence-electron chi connectivity index (χ1n) is 7.11. The molecule has 1 N–H and O–H groups in total. The summed E-state index contributed by atoms with van der Waals surface area (Å²) < 4.78 is 3.12. The summed E-state index contributed by atoms with van der Waals surface area (Å²) in [5, 5.41) is 8.17. The van der Waals surface area contributed by atoms with E-state index in [2.05, 4.69) is 65.3 Å². The molecule has 106 valence electrons. The Balaban J connectivity index is 1.87. The third-order valence-electron chi connectivity index (χ3n) is 4.07. The maximum absolute atomic E-state index is 4.63. The fraction of sp³-hybridized carbons (Fsp3) is 0.438. The lowest BCUT2D eigenvalue weighted by Gasteiger charge is -2.10. The highest BCUT2D eigenvalue weighted by Gasteiger charge is 2.20. The van der Waals surface area contributed by atoms with E-state index in [1.807, 2.05) is 4.68 Å². The summed E-state index contributed by atoms with van der Waals surface area (Å²) in [6, 6.07) is 7.26. The van der Waals surface area contributed by atoms with Gasteiger partial charge in [0.1, 0.15) is 0 Å². The predicted molar refractivity (Wildman–Crippen MR) is 85.3 cm³/mol. The van der Waals surface area contributed by atoms with Crippen LogP contribution in [0.4, 0.5) is 0 Å². The van der Waals surface area contributed by atoms with Crippen LogP contribution in [0.5, 0.6) is 0 Å². The minimum Gasteiger partial charge on any atom is -0.310 e. The number of hydrogen-bond donors (Lipinski definition) is 1. The Morgan fingerprint density at radius 3 is 2.60 bits per heavy atom. The Labute approximate surface area is 128 Å². The Hall–Kier alpha value is -1.13. The molecule has 0 unspecified atom stereocenters. The molecule has 3 nitrogen and oxygen atoms in total. The summed E-state index contributed by atoms with van der Waals surface area (Å²) in [6.45, 7) is 7.24. The van der Waals surface area contributed by atoms with Gasteiger partial charge in [-0.25, -0.2) is 4.68 Å². The molecule has 0 spiro atoms. The molecule has 0 atom stereocenters. The summed E-state index contributed by atoms with van der Waals surface area (Å²) in [5.74, 6) is 0. The fourth-order valence-electron chi connectivity index (χ4n) is 2.34. The molecule has 0 saturated heterocycles. The molecule has 1 fully saturated rings. The van der Waals surface area contributed by atoms with Crippen LogP contribution in [-0.4, -0.2) is 15.8 Å². The van der Waals surface area contributed by atoms with Crippen LogP contribution in [0.25, 0.3) is 5.69 Å². The van der Waals surface area contributed by atoms with Gasteiger partial charge < -0.3 is 5.32 Å². The van der Waals surface area contributed by atoms with Gasteiger partial charge in [-0.15, -0.1) is 0 Å². The fourth-order valence-corrected chi connectivity index (χ4v) is 2.93. The van der Waals surface area contributed by atoms with Crippen LogP contribution in [0.1, 0.15) is 35.4 Å². The van der Waals surface area contributed by atoms with E-state index in [1.165, 1.54) is 29.7 Å². The lowest BCUT2D eigenvalue weighted by molar-refractivity contribution is 0.687. The molecule has 1 aromatic heterocycles. The number of nitrogens with zero attached hydrogens (tertiary/aromatic N) is 2. The number of rotatable bonds is 4. The van der Waals surface area contributed by atoms with E-state index in [0.29, 0.717) is 0 Å². The van der Waals surface area contributed by atoms with Crippen LogP contribution < -0.4 is 5.32 Å². The van der Waals surface area contributed by atoms with Crippen LogP contribution in [0.3, 0.4) is 0 Å². The van der Waals surface area contributed by atoms with Gasteiger partial charge in [-0.3, -0.25) is 0 Å². The van der Waals surface area contributed by atoms with E-state index in [-0.39, 0.29) is 0 Å². The van der Waals surface area contributed by atoms with E-state index in [0.717, 1.165) is 28.4 Å². The maximum Gasteiger partial charge on any atom is 0.0791 e. The molecule has 3 rings (SSSR count). The zero-order chi connectivity index (χ0) is 14.3. The first-order chi connectivity index (χ1) is 9.56. The third-order valence-corrected chi connectivity index (χ3v) is 4.70. The van der Waals surface area contributed by atoms with Gasteiger partial charge in [0, 0.05) is 22.8 Å². The van der Waals surface area contributed by atoms with Crippen molar-refractivity contribution in [2.24, 2.45) is 0 Å². The zero-order valence-electron chi connectivity index (χ0n) is 12.2. The first kappa shape index (κ1) is 13.8. The monoisotopic (exact) mass is 333 g/mol. The minimum absolute atomic E-state index is 0.743. The van der Waals surface area contributed by atoms with E-state index in [9.17, 15) is 0 Å². The molecule has 20 heavy (non-hydrogen) atoms. The molecule has 1 aliphatic rings. The van der Waals surface area contributed by atoms with Crippen LogP contribution in [0, 0.1) is 20.8 Å². The predicted octanol–water partition coefficient (Wildman–Crippen LogP) is 3.81. The van der Waals surface area contributed by atoms with Crippen molar-refractivity contribution in [2.75, 3.05) is 0 Å². The molecular weight excluding hydrogens is 314 g/mol. The number of nitrogens with one attached hydrogen (secondary N) is 1. The van der Waals surface area contributed by atoms with Crippen LogP contribution >= 0.6 is 15.9 Å². The van der Waals surface area contributed by atoms with Gasteiger partial charge in [0.05, 0.1) is 11.4 Å². The van der Waals surface area contributed by atoms with E-state index in [4.69, 9.17) is 0 Å². The summed E-state index contributed by atoms with van der Waals surface area (Å²) >= 11 is 3.69. The van der Waals surface area contributed by atoms with Crippen molar-refractivity contribution >= 4 is 15.9 Å². The van der Waals surface area contributed by atoms with Crippen molar-refractivity contribution < 1.29 is 0 Å². The van der Waals surface area contributed by atoms with Crippen LogP contribution in [0.15, 0.2) is 22.7 Å². The lowest BCUT2D eigenvalue weighted by atomic mass is 10.2. The number of hydrogen-bond acceptors (Lipinski definition) is 2. The van der Waals surface area contributed by atoms with E-state index >= 15 is 0 Å². The second-order valence-corrected chi connectivity index (χ2v) is 6.50. The standard InChI is InChI=1S/C16H20BrN3/c1-10-11(2)19-20(12(10)3)16-7-4-13(8-15(16)17)9-18-14-5-6-14/h4,7-8,14,18H,5-6,9H2,1-3H3. The lowest BCUT2D eigenvalue weighted by Crippen LogP contribution is -2.15. The van der Waals surface area contributed by atoms with Crippen molar-refractivity contribution in [1.82, 2.24) is 15.1 Å². The molecule has 1 aromatic carbocycles. The normalized spacial score (nSPS) is 14.8. The highest BCUT2D eigenvalue weighted by atomic mass is 79.9. The second kappa shape index (κ2) is 5.34. The van der Waals surface area contributed by atoms with E-state index in [1.54, 1.807) is 0 Å². The van der Waals surface area contributed by atoms with Gasteiger partial charge in [0.25, 0.3) is 0 Å². The molecule has 1 saturated carbocycles. The van der Waals surface area contributed by atoms with Gasteiger partial charge in [0.15, 0.2) is 0 Å². The molecule has 0 aliphatic heterocycles. The topological polar surface area (TPSA) is 29.9 Å². The molecule has 0 bridgehead atoms. The summed E-state index contributed by atoms with van der Waals surface area (Å²) in [7, 11) is 0. The van der Waals surface area contributed by atoms with Crippen molar-refractivity contribution in [2.45, 2.75) is 46.2 Å². The Morgan fingerprint density at radius 1 is 1.30 bits per heavy atom. The number of benzene rings is 1. The Bertz CT molecular complexity index is 641. The van der Waals surface area contributed by atoms with Crippen LogP contribution in [0.2, 0.25) is 0 Å². The molecule has 0 radical (unpaired) electrons. The smallest absolute Gasteiger partial charge is 0.0791 e. The zero-order valence-corrected chi connectivity index (χ0v) is 13.8. The molecule has 0 amide bonds. The SMILES string of the molecule is Cc1nn(-c2ccc(CNC3CC3)cc2Br)c(C)c1C. The summed E-state index contributed by atoms with van der Waals surface area (Å²) in [5.41, 5.74) is 5.97. The molecule has 1 heterocycles. The van der Waals surface area contributed by atoms with Gasteiger partial charge in [-0.1, -0.05) is 6.07 Å². The first-order valence-corrected chi connectivity index (χ1v) is 7.90. The maximum atomic E-state index is 4.63.